The Balaban J connectivity index is 2.17. The SMILES string of the molecule is CNC(=O)NC(=O)CCN(C)C1CCNC1. The van der Waals surface area contributed by atoms with E-state index in [4.69, 9.17) is 0 Å². The minimum Gasteiger partial charge on any atom is -0.341 e. The van der Waals surface area contributed by atoms with Crippen molar-refractivity contribution in [2.45, 2.75) is 18.9 Å². The summed E-state index contributed by atoms with van der Waals surface area (Å²) in [4.78, 5) is 24.3. The van der Waals surface area contributed by atoms with Crippen LogP contribution in [0.2, 0.25) is 0 Å². The molecular weight excluding hydrogens is 208 g/mol. The Kier molecular flexibility index (Phi) is 5.21. The van der Waals surface area contributed by atoms with Gasteiger partial charge in [0.15, 0.2) is 0 Å². The Morgan fingerprint density at radius 3 is 2.81 bits per heavy atom. The molecule has 0 aromatic rings. The Labute approximate surface area is 95.8 Å². The maximum atomic E-state index is 11.3. The van der Waals surface area contributed by atoms with E-state index < -0.39 is 6.03 Å². The van der Waals surface area contributed by atoms with Gasteiger partial charge in [-0.15, -0.1) is 0 Å². The van der Waals surface area contributed by atoms with Crippen LogP contribution in [-0.4, -0.2) is 56.6 Å². The summed E-state index contributed by atoms with van der Waals surface area (Å²) in [6, 6.07) is 0.0583. The van der Waals surface area contributed by atoms with Gasteiger partial charge in [-0.3, -0.25) is 10.1 Å². The van der Waals surface area contributed by atoms with E-state index in [1.54, 1.807) is 0 Å². The molecule has 0 bridgehead atoms. The second-order valence-electron chi connectivity index (χ2n) is 4.00. The fourth-order valence-electron chi connectivity index (χ4n) is 1.73. The third-order valence-corrected chi connectivity index (χ3v) is 2.83. The van der Waals surface area contributed by atoms with Crippen LogP contribution in [0.3, 0.4) is 0 Å². The van der Waals surface area contributed by atoms with Crippen molar-refractivity contribution in [3.63, 3.8) is 0 Å². The van der Waals surface area contributed by atoms with E-state index >= 15 is 0 Å². The summed E-state index contributed by atoms with van der Waals surface area (Å²) >= 11 is 0. The van der Waals surface area contributed by atoms with E-state index in [0.29, 0.717) is 19.0 Å². The van der Waals surface area contributed by atoms with Gasteiger partial charge in [0.25, 0.3) is 0 Å². The van der Waals surface area contributed by atoms with Gasteiger partial charge in [0.2, 0.25) is 5.91 Å². The molecule has 1 saturated heterocycles. The first-order valence-corrected chi connectivity index (χ1v) is 5.56. The molecule has 0 saturated carbocycles. The number of hydrogen-bond acceptors (Lipinski definition) is 4. The predicted octanol–water partition coefficient (Wildman–Crippen LogP) is -0.874. The normalized spacial score (nSPS) is 19.8. The van der Waals surface area contributed by atoms with Gasteiger partial charge in [0.05, 0.1) is 0 Å². The molecule has 0 aromatic heterocycles. The zero-order chi connectivity index (χ0) is 12.0. The number of nitrogens with one attached hydrogen (secondary N) is 3. The molecule has 0 aliphatic carbocycles. The molecule has 0 aromatic carbocycles. The van der Waals surface area contributed by atoms with Crippen LogP contribution in [0, 0.1) is 0 Å². The Bertz CT molecular complexity index is 251. The van der Waals surface area contributed by atoms with E-state index in [1.165, 1.54) is 7.05 Å². The number of imide groups is 1. The maximum Gasteiger partial charge on any atom is 0.321 e. The number of likely N-dealkylation sites (N-methyl/N-ethyl adjacent to an activating group) is 1. The topological polar surface area (TPSA) is 73.5 Å². The van der Waals surface area contributed by atoms with Crippen LogP contribution in [0.1, 0.15) is 12.8 Å². The van der Waals surface area contributed by atoms with Gasteiger partial charge < -0.3 is 15.5 Å². The first kappa shape index (κ1) is 12.9. The lowest BCUT2D eigenvalue weighted by Gasteiger charge is -2.22. The van der Waals surface area contributed by atoms with Crippen molar-refractivity contribution in [3.8, 4) is 0 Å². The lowest BCUT2D eigenvalue weighted by molar-refractivity contribution is -0.120. The Morgan fingerprint density at radius 2 is 2.25 bits per heavy atom. The van der Waals surface area contributed by atoms with Crippen molar-refractivity contribution >= 4 is 11.9 Å². The van der Waals surface area contributed by atoms with E-state index in [2.05, 4.69) is 20.9 Å². The maximum absolute atomic E-state index is 11.3. The fraction of sp³-hybridized carbons (Fsp3) is 0.800. The van der Waals surface area contributed by atoms with Crippen LogP contribution in [0.5, 0.6) is 0 Å². The summed E-state index contributed by atoms with van der Waals surface area (Å²) in [6.45, 7) is 2.70. The quantitative estimate of drug-likeness (QED) is 0.584. The van der Waals surface area contributed by atoms with Gasteiger partial charge in [-0.2, -0.15) is 0 Å². The van der Waals surface area contributed by atoms with Gasteiger partial charge in [-0.1, -0.05) is 0 Å². The highest BCUT2D eigenvalue weighted by atomic mass is 16.2. The largest absolute Gasteiger partial charge is 0.341 e. The van der Waals surface area contributed by atoms with Gasteiger partial charge in [-0.05, 0) is 20.0 Å². The highest BCUT2D eigenvalue weighted by Crippen LogP contribution is 2.06. The zero-order valence-corrected chi connectivity index (χ0v) is 9.88. The van der Waals surface area contributed by atoms with E-state index in [0.717, 1.165) is 19.5 Å². The van der Waals surface area contributed by atoms with Gasteiger partial charge >= 0.3 is 6.03 Å². The molecule has 1 rings (SSSR count). The van der Waals surface area contributed by atoms with E-state index in [1.807, 2.05) is 7.05 Å². The summed E-state index contributed by atoms with van der Waals surface area (Å²) in [7, 11) is 3.49. The zero-order valence-electron chi connectivity index (χ0n) is 9.88. The van der Waals surface area contributed by atoms with Crippen molar-refractivity contribution < 1.29 is 9.59 Å². The molecule has 3 amide bonds. The molecule has 16 heavy (non-hydrogen) atoms. The molecule has 1 aliphatic rings. The smallest absolute Gasteiger partial charge is 0.321 e. The first-order chi connectivity index (χ1) is 7.63. The van der Waals surface area contributed by atoms with Crippen molar-refractivity contribution in [1.29, 1.82) is 0 Å². The third-order valence-electron chi connectivity index (χ3n) is 2.83. The van der Waals surface area contributed by atoms with Crippen molar-refractivity contribution in [1.82, 2.24) is 20.9 Å². The van der Waals surface area contributed by atoms with Gasteiger partial charge in [0, 0.05) is 32.6 Å². The predicted molar refractivity (Wildman–Crippen MR) is 61.1 cm³/mol. The molecule has 92 valence electrons. The molecule has 0 spiro atoms. The Hall–Kier alpha value is -1.14. The van der Waals surface area contributed by atoms with E-state index in [9.17, 15) is 9.59 Å². The number of rotatable bonds is 4. The summed E-state index contributed by atoms with van der Waals surface area (Å²) in [5.41, 5.74) is 0. The Morgan fingerprint density at radius 1 is 1.50 bits per heavy atom. The summed E-state index contributed by atoms with van der Waals surface area (Å²) in [5, 5.41) is 7.86. The first-order valence-electron chi connectivity index (χ1n) is 5.56. The second-order valence-corrected chi connectivity index (χ2v) is 4.00. The average Bonchev–Trinajstić information content (AvgIpc) is 2.79. The van der Waals surface area contributed by atoms with E-state index in [-0.39, 0.29) is 5.91 Å². The monoisotopic (exact) mass is 228 g/mol. The lowest BCUT2D eigenvalue weighted by Crippen LogP contribution is -2.40. The molecule has 1 atom stereocenters. The van der Waals surface area contributed by atoms with Crippen LogP contribution < -0.4 is 16.0 Å². The molecule has 1 heterocycles. The summed E-state index contributed by atoms with van der Waals surface area (Å²) in [5.74, 6) is -0.239. The van der Waals surface area contributed by atoms with Gasteiger partial charge in [0.1, 0.15) is 0 Å². The van der Waals surface area contributed by atoms with Crippen LogP contribution in [-0.2, 0) is 4.79 Å². The molecule has 6 heteroatoms. The molecule has 6 nitrogen and oxygen atoms in total. The van der Waals surface area contributed by atoms with Crippen LogP contribution in [0.25, 0.3) is 0 Å². The number of carbonyl (C=O) groups is 2. The molecule has 3 N–H and O–H groups in total. The molecule has 0 radical (unpaired) electrons. The number of hydrogen-bond donors (Lipinski definition) is 3. The average molecular weight is 228 g/mol. The number of carbonyl (C=O) groups excluding carboxylic acids is 2. The second kappa shape index (κ2) is 6.44. The van der Waals surface area contributed by atoms with Crippen LogP contribution >= 0.6 is 0 Å². The van der Waals surface area contributed by atoms with Crippen molar-refractivity contribution in [2.75, 3.05) is 33.7 Å². The highest BCUT2D eigenvalue weighted by molar-refractivity contribution is 5.94. The molecule has 1 unspecified atom stereocenters. The number of nitrogens with zero attached hydrogens (tertiary/aromatic N) is 1. The summed E-state index contributed by atoms with van der Waals surface area (Å²) in [6.07, 6.45) is 1.47. The number of amides is 3. The lowest BCUT2D eigenvalue weighted by atomic mass is 10.2. The molecular formula is C10H20N4O2. The van der Waals surface area contributed by atoms with Crippen molar-refractivity contribution in [3.05, 3.63) is 0 Å². The third kappa shape index (κ3) is 4.16. The minimum absolute atomic E-state index is 0.239. The highest BCUT2D eigenvalue weighted by Gasteiger charge is 2.19. The standard InChI is InChI=1S/C10H20N4O2/c1-11-10(16)13-9(15)4-6-14(2)8-3-5-12-7-8/h8,12H,3-7H2,1-2H3,(H2,11,13,15,16). The minimum atomic E-state index is -0.449. The van der Waals surface area contributed by atoms with Crippen molar-refractivity contribution in [2.24, 2.45) is 0 Å². The summed E-state index contributed by atoms with van der Waals surface area (Å²) < 4.78 is 0. The molecule has 1 aliphatic heterocycles. The van der Waals surface area contributed by atoms with Gasteiger partial charge in [-0.25, -0.2) is 4.79 Å². The fourth-order valence-corrected chi connectivity index (χ4v) is 1.73. The van der Waals surface area contributed by atoms with Crippen LogP contribution in [0.15, 0.2) is 0 Å². The molecule has 1 fully saturated rings. The number of urea groups is 1. The van der Waals surface area contributed by atoms with Crippen LogP contribution in [0.4, 0.5) is 4.79 Å².